The van der Waals surface area contributed by atoms with Gasteiger partial charge in [-0.15, -0.1) is 0 Å². The average Bonchev–Trinajstić information content (AvgIpc) is 3.38. The molecule has 1 saturated heterocycles. The second-order valence-corrected chi connectivity index (χ2v) is 5.74. The molecule has 0 bridgehead atoms. The van der Waals surface area contributed by atoms with E-state index < -0.39 is 30.6 Å². The first-order valence-corrected chi connectivity index (χ1v) is 7.78. The fourth-order valence-electron chi connectivity index (χ4n) is 2.96. The first kappa shape index (κ1) is 16.4. The molecule has 2 aliphatic heterocycles. The second-order valence-electron chi connectivity index (χ2n) is 5.74. The molecule has 0 aliphatic carbocycles. The Balaban J connectivity index is 1.68. The number of amides is 2. The largest absolute Gasteiger partial charge is 0.480 e. The molecule has 2 aliphatic rings. The van der Waals surface area contributed by atoms with Gasteiger partial charge in [0.1, 0.15) is 6.54 Å². The highest BCUT2D eigenvalue weighted by atomic mass is 16.6. The second kappa shape index (κ2) is 6.58. The minimum Gasteiger partial charge on any atom is -0.480 e. The molecular formula is C16H19N3O5. The zero-order valence-corrected chi connectivity index (χ0v) is 13.3. The van der Waals surface area contributed by atoms with Crippen molar-refractivity contribution >= 4 is 23.5 Å². The van der Waals surface area contributed by atoms with Crippen molar-refractivity contribution in [1.82, 2.24) is 10.4 Å². The summed E-state index contributed by atoms with van der Waals surface area (Å²) in [5, 5.41) is 9.74. The van der Waals surface area contributed by atoms with Crippen molar-refractivity contribution in [2.75, 3.05) is 25.0 Å². The van der Waals surface area contributed by atoms with Crippen molar-refractivity contribution in [2.45, 2.75) is 25.0 Å². The lowest BCUT2D eigenvalue weighted by molar-refractivity contribution is -0.147. The number of anilines is 1. The van der Waals surface area contributed by atoms with E-state index in [2.05, 4.69) is 5.43 Å². The third kappa shape index (κ3) is 3.10. The van der Waals surface area contributed by atoms with Crippen LogP contribution in [-0.4, -0.2) is 60.2 Å². The average molecular weight is 333 g/mol. The molecule has 128 valence electrons. The summed E-state index contributed by atoms with van der Waals surface area (Å²) >= 11 is 0. The molecule has 24 heavy (non-hydrogen) atoms. The standard InChI is InChI=1S/C16H19N3O5/c1-17-19(9-12(20)21)16(23)14-13(24-14)15(22)18-8-4-6-10-5-2-3-7-11(10)18/h2-3,5,7,13-14,17H,4,6,8-9H2,1H3,(H,20,21). The van der Waals surface area contributed by atoms with Crippen LogP contribution in [0.1, 0.15) is 12.0 Å². The lowest BCUT2D eigenvalue weighted by Crippen LogP contribution is -2.47. The molecule has 8 heteroatoms. The van der Waals surface area contributed by atoms with E-state index >= 15 is 0 Å². The van der Waals surface area contributed by atoms with E-state index in [0.717, 1.165) is 29.1 Å². The lowest BCUT2D eigenvalue weighted by Gasteiger charge is -2.29. The van der Waals surface area contributed by atoms with E-state index in [1.807, 2.05) is 24.3 Å². The van der Waals surface area contributed by atoms with Crippen molar-refractivity contribution in [2.24, 2.45) is 0 Å². The van der Waals surface area contributed by atoms with Crippen LogP contribution in [0.5, 0.6) is 0 Å². The van der Waals surface area contributed by atoms with Gasteiger partial charge in [-0.05, 0) is 24.5 Å². The smallest absolute Gasteiger partial charge is 0.324 e. The number of carboxylic acids is 1. The van der Waals surface area contributed by atoms with Gasteiger partial charge in [-0.25, -0.2) is 5.43 Å². The molecule has 8 nitrogen and oxygen atoms in total. The van der Waals surface area contributed by atoms with Crippen molar-refractivity contribution in [1.29, 1.82) is 0 Å². The summed E-state index contributed by atoms with van der Waals surface area (Å²) in [7, 11) is 1.45. The van der Waals surface area contributed by atoms with Gasteiger partial charge in [0.2, 0.25) is 0 Å². The first-order chi connectivity index (χ1) is 11.5. The molecule has 0 saturated carbocycles. The third-order valence-electron chi connectivity index (χ3n) is 4.18. The maximum Gasteiger partial charge on any atom is 0.324 e. The van der Waals surface area contributed by atoms with Crippen LogP contribution in [0.15, 0.2) is 24.3 Å². The Labute approximate surface area is 139 Å². The van der Waals surface area contributed by atoms with Crippen LogP contribution in [0.4, 0.5) is 5.69 Å². The molecule has 3 rings (SSSR count). The highest BCUT2D eigenvalue weighted by Crippen LogP contribution is 2.32. The van der Waals surface area contributed by atoms with Crippen molar-refractivity contribution < 1.29 is 24.2 Å². The molecular weight excluding hydrogens is 314 g/mol. The van der Waals surface area contributed by atoms with Gasteiger partial charge < -0.3 is 14.7 Å². The Morgan fingerprint density at radius 2 is 2.08 bits per heavy atom. The highest BCUT2D eigenvalue weighted by molar-refractivity contribution is 6.04. The minimum atomic E-state index is -1.15. The van der Waals surface area contributed by atoms with Crippen LogP contribution >= 0.6 is 0 Å². The molecule has 1 fully saturated rings. The van der Waals surface area contributed by atoms with Crippen LogP contribution in [0, 0.1) is 0 Å². The summed E-state index contributed by atoms with van der Waals surface area (Å²) in [6.45, 7) is 0.0874. The van der Waals surface area contributed by atoms with E-state index in [0.29, 0.717) is 6.54 Å². The van der Waals surface area contributed by atoms with E-state index in [-0.39, 0.29) is 5.91 Å². The maximum atomic E-state index is 12.7. The number of nitrogens with zero attached hydrogens (tertiary/aromatic N) is 2. The van der Waals surface area contributed by atoms with Crippen LogP contribution in [0.2, 0.25) is 0 Å². The first-order valence-electron chi connectivity index (χ1n) is 7.78. The van der Waals surface area contributed by atoms with Gasteiger partial charge in [0, 0.05) is 19.3 Å². The molecule has 0 radical (unpaired) electrons. The normalized spacial score (nSPS) is 21.8. The van der Waals surface area contributed by atoms with Gasteiger partial charge in [-0.1, -0.05) is 18.2 Å². The van der Waals surface area contributed by atoms with Crippen LogP contribution in [0.3, 0.4) is 0 Å². The summed E-state index contributed by atoms with van der Waals surface area (Å²) < 4.78 is 5.26. The van der Waals surface area contributed by atoms with Gasteiger partial charge >= 0.3 is 5.97 Å². The zero-order valence-electron chi connectivity index (χ0n) is 13.3. The Hall–Kier alpha value is -2.45. The predicted octanol–water partition coefficient (Wildman–Crippen LogP) is -0.219. The predicted molar refractivity (Wildman–Crippen MR) is 84.2 cm³/mol. The van der Waals surface area contributed by atoms with Crippen LogP contribution in [0.25, 0.3) is 0 Å². The van der Waals surface area contributed by atoms with Gasteiger partial charge in [-0.2, -0.15) is 0 Å². The van der Waals surface area contributed by atoms with Crippen molar-refractivity contribution in [3.05, 3.63) is 29.8 Å². The molecule has 0 aromatic heterocycles. The Kier molecular flexibility index (Phi) is 4.50. The number of carboxylic acid groups (broad SMARTS) is 1. The minimum absolute atomic E-state index is 0.258. The number of hydrazine groups is 1. The molecule has 2 atom stereocenters. The number of carbonyl (C=O) groups excluding carboxylic acids is 2. The number of nitrogens with one attached hydrogen (secondary N) is 1. The summed E-state index contributed by atoms with van der Waals surface area (Å²) in [6, 6.07) is 7.68. The molecule has 2 N–H and O–H groups in total. The monoisotopic (exact) mass is 333 g/mol. The number of epoxide rings is 1. The number of hydrogen-bond acceptors (Lipinski definition) is 5. The summed E-state index contributed by atoms with van der Waals surface area (Å²) in [5.41, 5.74) is 4.46. The van der Waals surface area contributed by atoms with Crippen LogP contribution < -0.4 is 10.3 Å². The van der Waals surface area contributed by atoms with E-state index in [9.17, 15) is 14.4 Å². The van der Waals surface area contributed by atoms with Crippen molar-refractivity contribution in [3.8, 4) is 0 Å². The molecule has 2 amide bonds. The number of aryl methyl sites for hydroxylation is 1. The van der Waals surface area contributed by atoms with E-state index in [1.54, 1.807) is 4.90 Å². The molecule has 2 heterocycles. The molecule has 1 aromatic rings. The quantitative estimate of drug-likeness (QED) is 0.570. The van der Waals surface area contributed by atoms with Gasteiger partial charge in [0.25, 0.3) is 11.8 Å². The number of carbonyl (C=O) groups is 3. The summed E-state index contributed by atoms with van der Waals surface area (Å²) in [5.74, 6) is -1.96. The molecule has 0 spiro atoms. The summed E-state index contributed by atoms with van der Waals surface area (Å²) in [6.07, 6.45) is -0.0119. The third-order valence-corrected chi connectivity index (χ3v) is 4.18. The fraction of sp³-hybridized carbons (Fsp3) is 0.438. The Morgan fingerprint density at radius 1 is 1.33 bits per heavy atom. The van der Waals surface area contributed by atoms with Gasteiger partial charge in [0.15, 0.2) is 12.2 Å². The van der Waals surface area contributed by atoms with E-state index in [4.69, 9.17) is 9.84 Å². The fourth-order valence-corrected chi connectivity index (χ4v) is 2.96. The Morgan fingerprint density at radius 3 is 2.79 bits per heavy atom. The molecule has 1 aromatic carbocycles. The number of hydrogen-bond donors (Lipinski definition) is 2. The number of para-hydroxylation sites is 1. The number of aliphatic carboxylic acids is 1. The Bertz CT molecular complexity index is 677. The zero-order chi connectivity index (χ0) is 17.3. The summed E-state index contributed by atoms with van der Waals surface area (Å²) in [4.78, 5) is 37.3. The SMILES string of the molecule is CNN(CC(=O)O)C(=O)C1OC1C(=O)N1CCCc2ccccc21. The van der Waals surface area contributed by atoms with Crippen molar-refractivity contribution in [3.63, 3.8) is 0 Å². The topological polar surface area (TPSA) is 102 Å². The van der Waals surface area contributed by atoms with Gasteiger partial charge in [-0.3, -0.25) is 19.4 Å². The van der Waals surface area contributed by atoms with Gasteiger partial charge in [0.05, 0.1) is 0 Å². The number of rotatable bonds is 5. The maximum absolute atomic E-state index is 12.7. The number of benzene rings is 1. The van der Waals surface area contributed by atoms with E-state index in [1.165, 1.54) is 7.05 Å². The number of fused-ring (bicyclic) bond motifs is 1. The number of ether oxygens (including phenoxy) is 1. The molecule has 2 unspecified atom stereocenters. The highest BCUT2D eigenvalue weighted by Gasteiger charge is 2.53. The van der Waals surface area contributed by atoms with Crippen LogP contribution in [-0.2, 0) is 25.5 Å². The lowest BCUT2D eigenvalue weighted by atomic mass is 10.0.